The molecule has 0 aliphatic carbocycles. The molecule has 0 aliphatic heterocycles. The van der Waals surface area contributed by atoms with Crippen molar-refractivity contribution in [2.24, 2.45) is 0 Å². The van der Waals surface area contributed by atoms with Gasteiger partial charge in [-0.05, 0) is 29.5 Å². The molecule has 0 spiro atoms. The van der Waals surface area contributed by atoms with Crippen molar-refractivity contribution in [1.82, 2.24) is 4.98 Å². The van der Waals surface area contributed by atoms with Crippen LogP contribution in [0.4, 0.5) is 5.69 Å². The topological polar surface area (TPSA) is 24.9 Å². The van der Waals surface area contributed by atoms with E-state index in [0.717, 1.165) is 13.0 Å². The van der Waals surface area contributed by atoms with Crippen LogP contribution in [0.5, 0.6) is 0 Å². The standard InChI is InChI=1S/C17H16N2/c1-2-8-16-15(6-1)7-3-9-17(16)19-12-10-14-5-4-11-18-13-14/h1-9,11,13,19H,10,12H2. The highest BCUT2D eigenvalue weighted by Gasteiger charge is 1.99. The van der Waals surface area contributed by atoms with Crippen LogP contribution in [-0.2, 0) is 6.42 Å². The number of pyridine rings is 1. The van der Waals surface area contributed by atoms with Crippen LogP contribution in [0.3, 0.4) is 0 Å². The lowest BCUT2D eigenvalue weighted by atomic mass is 10.1. The minimum Gasteiger partial charge on any atom is -0.384 e. The molecule has 0 amide bonds. The van der Waals surface area contributed by atoms with Gasteiger partial charge in [0.25, 0.3) is 0 Å². The van der Waals surface area contributed by atoms with E-state index in [0.29, 0.717) is 0 Å². The minimum absolute atomic E-state index is 0.916. The van der Waals surface area contributed by atoms with E-state index >= 15 is 0 Å². The van der Waals surface area contributed by atoms with Crippen molar-refractivity contribution in [2.75, 3.05) is 11.9 Å². The zero-order valence-corrected chi connectivity index (χ0v) is 10.7. The predicted octanol–water partition coefficient (Wildman–Crippen LogP) is 3.89. The van der Waals surface area contributed by atoms with Crippen LogP contribution < -0.4 is 5.32 Å². The van der Waals surface area contributed by atoms with Crippen LogP contribution in [0.15, 0.2) is 67.0 Å². The molecule has 0 unspecified atom stereocenters. The molecule has 2 heteroatoms. The van der Waals surface area contributed by atoms with Gasteiger partial charge in [0, 0.05) is 30.0 Å². The summed E-state index contributed by atoms with van der Waals surface area (Å²) in [4.78, 5) is 4.13. The smallest absolute Gasteiger partial charge is 0.0419 e. The molecule has 1 heterocycles. The maximum absolute atomic E-state index is 4.13. The molecule has 0 saturated heterocycles. The molecule has 2 aromatic carbocycles. The van der Waals surface area contributed by atoms with Gasteiger partial charge in [0.1, 0.15) is 0 Å². The van der Waals surface area contributed by atoms with E-state index in [9.17, 15) is 0 Å². The summed E-state index contributed by atoms with van der Waals surface area (Å²) in [5.41, 5.74) is 2.46. The molecule has 1 aromatic heterocycles. The van der Waals surface area contributed by atoms with Gasteiger partial charge in [-0.15, -0.1) is 0 Å². The van der Waals surface area contributed by atoms with Crippen LogP contribution in [0.1, 0.15) is 5.56 Å². The van der Waals surface area contributed by atoms with Gasteiger partial charge in [-0.25, -0.2) is 0 Å². The number of fused-ring (bicyclic) bond motifs is 1. The molecular formula is C17H16N2. The second-order valence-corrected chi connectivity index (χ2v) is 4.56. The molecule has 1 N–H and O–H groups in total. The number of anilines is 1. The van der Waals surface area contributed by atoms with E-state index in [1.54, 1.807) is 0 Å². The maximum atomic E-state index is 4.13. The van der Waals surface area contributed by atoms with E-state index in [1.165, 1.54) is 22.0 Å². The second kappa shape index (κ2) is 5.53. The third-order valence-electron chi connectivity index (χ3n) is 3.24. The van der Waals surface area contributed by atoms with Gasteiger partial charge in [0.05, 0.1) is 0 Å². The molecule has 3 aromatic rings. The summed E-state index contributed by atoms with van der Waals surface area (Å²) < 4.78 is 0. The van der Waals surface area contributed by atoms with Crippen molar-refractivity contribution < 1.29 is 0 Å². The maximum Gasteiger partial charge on any atom is 0.0419 e. The molecular weight excluding hydrogens is 232 g/mol. The molecule has 0 aliphatic rings. The Kier molecular flexibility index (Phi) is 3.41. The Morgan fingerprint density at radius 3 is 2.68 bits per heavy atom. The van der Waals surface area contributed by atoms with Gasteiger partial charge < -0.3 is 5.32 Å². The number of nitrogens with zero attached hydrogens (tertiary/aromatic N) is 1. The van der Waals surface area contributed by atoms with Gasteiger partial charge in [-0.2, -0.15) is 0 Å². The summed E-state index contributed by atoms with van der Waals surface area (Å²) in [7, 11) is 0. The minimum atomic E-state index is 0.916. The number of rotatable bonds is 4. The first-order chi connectivity index (χ1) is 9.43. The van der Waals surface area contributed by atoms with Gasteiger partial charge >= 0.3 is 0 Å². The SMILES string of the molecule is c1cncc(CCNc2cccc3ccccc23)c1. The Morgan fingerprint density at radius 2 is 1.79 bits per heavy atom. The van der Waals surface area contributed by atoms with E-state index in [2.05, 4.69) is 58.8 Å². The normalized spacial score (nSPS) is 10.5. The molecule has 0 atom stereocenters. The highest BCUT2D eigenvalue weighted by molar-refractivity contribution is 5.93. The molecule has 0 saturated carbocycles. The number of nitrogens with one attached hydrogen (secondary N) is 1. The van der Waals surface area contributed by atoms with Crippen molar-refractivity contribution in [3.8, 4) is 0 Å². The molecule has 19 heavy (non-hydrogen) atoms. The Hall–Kier alpha value is -2.35. The van der Waals surface area contributed by atoms with Crippen LogP contribution in [0.2, 0.25) is 0 Å². The average Bonchev–Trinajstić information content (AvgIpc) is 2.49. The predicted molar refractivity (Wildman–Crippen MR) is 80.4 cm³/mol. The lowest BCUT2D eigenvalue weighted by Crippen LogP contribution is -2.05. The summed E-state index contributed by atoms with van der Waals surface area (Å²) >= 11 is 0. The number of benzene rings is 2. The lowest BCUT2D eigenvalue weighted by molar-refractivity contribution is 1.01. The van der Waals surface area contributed by atoms with Crippen LogP contribution >= 0.6 is 0 Å². The largest absolute Gasteiger partial charge is 0.384 e. The number of hydrogen-bond donors (Lipinski definition) is 1. The van der Waals surface area contributed by atoms with E-state index in [-0.39, 0.29) is 0 Å². The Balaban J connectivity index is 1.72. The van der Waals surface area contributed by atoms with Gasteiger partial charge in [-0.1, -0.05) is 42.5 Å². The van der Waals surface area contributed by atoms with Gasteiger partial charge in [0.2, 0.25) is 0 Å². The molecule has 3 rings (SSSR count). The molecule has 2 nitrogen and oxygen atoms in total. The van der Waals surface area contributed by atoms with Crippen molar-refractivity contribution in [1.29, 1.82) is 0 Å². The average molecular weight is 248 g/mol. The van der Waals surface area contributed by atoms with Crippen LogP contribution in [-0.4, -0.2) is 11.5 Å². The summed E-state index contributed by atoms with van der Waals surface area (Å²) in [5, 5.41) is 6.05. The zero-order valence-electron chi connectivity index (χ0n) is 10.7. The number of aromatic nitrogens is 1. The molecule has 94 valence electrons. The lowest BCUT2D eigenvalue weighted by Gasteiger charge is -2.09. The summed E-state index contributed by atoms with van der Waals surface area (Å²) in [6, 6.07) is 18.9. The molecule has 0 fully saturated rings. The highest BCUT2D eigenvalue weighted by Crippen LogP contribution is 2.22. The van der Waals surface area contributed by atoms with Crippen LogP contribution in [0.25, 0.3) is 10.8 Å². The van der Waals surface area contributed by atoms with Crippen LogP contribution in [0, 0.1) is 0 Å². The Labute approximate surface area is 113 Å². The summed E-state index contributed by atoms with van der Waals surface area (Å²) in [6.07, 6.45) is 4.71. The zero-order chi connectivity index (χ0) is 12.9. The van der Waals surface area contributed by atoms with Crippen molar-refractivity contribution >= 4 is 16.5 Å². The van der Waals surface area contributed by atoms with Crippen molar-refractivity contribution in [2.45, 2.75) is 6.42 Å². The molecule has 0 radical (unpaired) electrons. The Morgan fingerprint density at radius 1 is 0.895 bits per heavy atom. The Bertz CT molecular complexity index is 657. The number of hydrogen-bond acceptors (Lipinski definition) is 2. The van der Waals surface area contributed by atoms with E-state index < -0.39 is 0 Å². The first-order valence-corrected chi connectivity index (χ1v) is 6.54. The highest BCUT2D eigenvalue weighted by atomic mass is 14.9. The third kappa shape index (κ3) is 2.74. The van der Waals surface area contributed by atoms with E-state index in [1.807, 2.05) is 18.5 Å². The second-order valence-electron chi connectivity index (χ2n) is 4.56. The quantitative estimate of drug-likeness (QED) is 0.757. The summed E-state index contributed by atoms with van der Waals surface area (Å²) in [6.45, 7) is 0.916. The first-order valence-electron chi connectivity index (χ1n) is 6.54. The monoisotopic (exact) mass is 248 g/mol. The fourth-order valence-electron chi connectivity index (χ4n) is 2.27. The van der Waals surface area contributed by atoms with Crippen molar-refractivity contribution in [3.05, 3.63) is 72.6 Å². The van der Waals surface area contributed by atoms with Crippen molar-refractivity contribution in [3.63, 3.8) is 0 Å². The first kappa shape index (κ1) is 11.7. The fraction of sp³-hybridized carbons (Fsp3) is 0.118. The summed E-state index contributed by atoms with van der Waals surface area (Å²) in [5.74, 6) is 0. The third-order valence-corrected chi connectivity index (χ3v) is 3.24. The van der Waals surface area contributed by atoms with E-state index in [4.69, 9.17) is 0 Å². The van der Waals surface area contributed by atoms with Gasteiger partial charge in [0.15, 0.2) is 0 Å². The molecule has 0 bridgehead atoms. The fourth-order valence-corrected chi connectivity index (χ4v) is 2.27. The van der Waals surface area contributed by atoms with Gasteiger partial charge in [-0.3, -0.25) is 4.98 Å².